The monoisotopic (exact) mass is 430 g/mol. The Balaban J connectivity index is 1.56. The quantitative estimate of drug-likeness (QED) is 0.575. The van der Waals surface area contributed by atoms with Crippen molar-refractivity contribution in [2.45, 2.75) is 12.1 Å². The lowest BCUT2D eigenvalue weighted by atomic mass is 9.90. The van der Waals surface area contributed by atoms with Crippen molar-refractivity contribution in [1.82, 2.24) is 0 Å². The molecule has 3 atom stereocenters. The third kappa shape index (κ3) is 3.18. The highest BCUT2D eigenvalue weighted by Gasteiger charge is 2.60. The molecule has 2 aliphatic heterocycles. The van der Waals surface area contributed by atoms with Gasteiger partial charge in [-0.25, -0.2) is 9.96 Å². The molecule has 2 heterocycles. The van der Waals surface area contributed by atoms with E-state index in [0.717, 1.165) is 11.3 Å². The van der Waals surface area contributed by atoms with Gasteiger partial charge in [0, 0.05) is 0 Å². The van der Waals surface area contributed by atoms with Crippen molar-refractivity contribution in [3.63, 3.8) is 0 Å². The fraction of sp³-hybridized carbons (Fsp3) is 0.200. The van der Waals surface area contributed by atoms with Gasteiger partial charge in [-0.05, 0) is 54.1 Å². The summed E-state index contributed by atoms with van der Waals surface area (Å²) in [6, 6.07) is 23.3. The largest absolute Gasteiger partial charge is 0.497 e. The van der Waals surface area contributed by atoms with Gasteiger partial charge < -0.3 is 9.47 Å². The third-order valence-corrected chi connectivity index (χ3v) is 5.91. The average Bonchev–Trinajstić information content (AvgIpc) is 3.35. The number of carbonyl (C=O) groups is 2. The number of methoxy groups -OCH3 is 2. The number of carbonyl (C=O) groups excluding carboxylic acids is 2. The first-order valence-corrected chi connectivity index (χ1v) is 10.3. The summed E-state index contributed by atoms with van der Waals surface area (Å²) in [7, 11) is 3.20. The van der Waals surface area contributed by atoms with Crippen LogP contribution in [-0.4, -0.2) is 32.1 Å². The molecular weight excluding hydrogens is 408 g/mol. The number of hydrogen-bond donors (Lipinski definition) is 0. The van der Waals surface area contributed by atoms with Gasteiger partial charge in [0.2, 0.25) is 5.91 Å². The summed E-state index contributed by atoms with van der Waals surface area (Å²) in [5.74, 6) is 0.0958. The molecule has 0 aliphatic carbocycles. The molecule has 0 bridgehead atoms. The zero-order valence-corrected chi connectivity index (χ0v) is 17.7. The number of fused-ring (bicyclic) bond motifs is 1. The van der Waals surface area contributed by atoms with Gasteiger partial charge in [0.15, 0.2) is 6.10 Å². The Hall–Kier alpha value is -3.84. The number of amides is 2. The molecule has 2 aliphatic rings. The van der Waals surface area contributed by atoms with Crippen molar-refractivity contribution in [3.8, 4) is 11.5 Å². The first kappa shape index (κ1) is 20.1. The highest BCUT2D eigenvalue weighted by molar-refractivity contribution is 6.23. The van der Waals surface area contributed by atoms with Gasteiger partial charge in [0.1, 0.15) is 17.4 Å². The van der Waals surface area contributed by atoms with E-state index in [9.17, 15) is 9.59 Å². The Kier molecular flexibility index (Phi) is 5.03. The zero-order valence-electron chi connectivity index (χ0n) is 17.7. The number of imide groups is 1. The molecular formula is C25H22N2O5. The van der Waals surface area contributed by atoms with Crippen LogP contribution in [0.2, 0.25) is 0 Å². The zero-order chi connectivity index (χ0) is 22.2. The molecule has 0 aromatic heterocycles. The van der Waals surface area contributed by atoms with Gasteiger partial charge >= 0.3 is 0 Å². The van der Waals surface area contributed by atoms with Crippen LogP contribution in [-0.2, 0) is 14.4 Å². The first-order valence-electron chi connectivity index (χ1n) is 10.3. The van der Waals surface area contributed by atoms with E-state index < -0.39 is 18.1 Å². The second-order valence-corrected chi connectivity index (χ2v) is 7.64. The molecule has 2 amide bonds. The van der Waals surface area contributed by atoms with Crippen LogP contribution >= 0.6 is 0 Å². The lowest BCUT2D eigenvalue weighted by molar-refractivity contribution is -0.126. The molecule has 2 saturated heterocycles. The standard InChI is InChI=1S/C25H22N2O5/c1-30-19-12-8-16(9-13-19)22-21-23(32-27(22)18-10-14-20(31-2)15-11-18)25(29)26(24(21)28)17-6-4-3-5-7-17/h3-15,21-23H,1-2H3/t21-,22+,23+/m1/s1. The Morgan fingerprint density at radius 3 is 1.91 bits per heavy atom. The number of para-hydroxylation sites is 1. The van der Waals surface area contributed by atoms with E-state index in [-0.39, 0.29) is 11.8 Å². The van der Waals surface area contributed by atoms with E-state index >= 15 is 0 Å². The lowest BCUT2D eigenvalue weighted by Crippen LogP contribution is -2.37. The number of hydrogen-bond acceptors (Lipinski definition) is 6. The van der Waals surface area contributed by atoms with Crippen molar-refractivity contribution >= 4 is 23.2 Å². The predicted octanol–water partition coefficient (Wildman–Crippen LogP) is 3.75. The maximum absolute atomic E-state index is 13.5. The SMILES string of the molecule is COc1ccc([C@H]2[C@H]3C(=O)N(c4ccccc4)C(=O)[C@H]3ON2c2ccc(OC)cc2)cc1. The van der Waals surface area contributed by atoms with E-state index in [1.165, 1.54) is 4.90 Å². The van der Waals surface area contributed by atoms with Gasteiger partial charge in [-0.15, -0.1) is 0 Å². The Morgan fingerprint density at radius 1 is 0.719 bits per heavy atom. The molecule has 3 aromatic rings. The van der Waals surface area contributed by atoms with Gasteiger partial charge in [-0.2, -0.15) is 0 Å². The van der Waals surface area contributed by atoms with Crippen molar-refractivity contribution in [3.05, 3.63) is 84.4 Å². The van der Waals surface area contributed by atoms with Gasteiger partial charge in [-0.3, -0.25) is 14.4 Å². The maximum atomic E-state index is 13.5. The fourth-order valence-corrected chi connectivity index (χ4v) is 4.34. The molecule has 0 radical (unpaired) electrons. The molecule has 7 nitrogen and oxygen atoms in total. The van der Waals surface area contributed by atoms with Gasteiger partial charge in [0.25, 0.3) is 5.91 Å². The van der Waals surface area contributed by atoms with E-state index in [4.69, 9.17) is 14.3 Å². The van der Waals surface area contributed by atoms with Crippen molar-refractivity contribution < 1.29 is 23.9 Å². The number of ether oxygens (including phenoxy) is 2. The highest BCUT2D eigenvalue weighted by atomic mass is 16.7. The van der Waals surface area contributed by atoms with Crippen LogP contribution in [0.15, 0.2) is 78.9 Å². The second kappa shape index (κ2) is 8.01. The molecule has 3 aromatic carbocycles. The van der Waals surface area contributed by atoms with Crippen LogP contribution in [0.25, 0.3) is 0 Å². The summed E-state index contributed by atoms with van der Waals surface area (Å²) in [5, 5.41) is 1.66. The molecule has 7 heteroatoms. The number of nitrogens with zero attached hydrogens (tertiary/aromatic N) is 2. The smallest absolute Gasteiger partial charge is 0.266 e. The predicted molar refractivity (Wildman–Crippen MR) is 119 cm³/mol. The van der Waals surface area contributed by atoms with Gasteiger partial charge in [0.05, 0.1) is 31.6 Å². The highest BCUT2D eigenvalue weighted by Crippen LogP contribution is 2.47. The maximum Gasteiger partial charge on any atom is 0.266 e. The average molecular weight is 430 g/mol. The first-order chi connectivity index (χ1) is 15.6. The van der Waals surface area contributed by atoms with E-state index in [0.29, 0.717) is 17.2 Å². The molecule has 162 valence electrons. The van der Waals surface area contributed by atoms with Crippen molar-refractivity contribution in [2.24, 2.45) is 5.92 Å². The van der Waals surface area contributed by atoms with E-state index in [1.54, 1.807) is 43.5 Å². The summed E-state index contributed by atoms with van der Waals surface area (Å²) in [6.45, 7) is 0. The summed E-state index contributed by atoms with van der Waals surface area (Å²) >= 11 is 0. The second-order valence-electron chi connectivity index (χ2n) is 7.64. The number of benzene rings is 3. The molecule has 0 saturated carbocycles. The molecule has 5 rings (SSSR count). The Morgan fingerprint density at radius 2 is 1.31 bits per heavy atom. The Labute approximate surface area is 185 Å². The summed E-state index contributed by atoms with van der Waals surface area (Å²) in [4.78, 5) is 34.2. The third-order valence-electron chi connectivity index (χ3n) is 5.91. The van der Waals surface area contributed by atoms with Crippen LogP contribution in [0.3, 0.4) is 0 Å². The fourth-order valence-electron chi connectivity index (χ4n) is 4.34. The minimum absolute atomic E-state index is 0.275. The molecule has 32 heavy (non-hydrogen) atoms. The molecule has 2 fully saturated rings. The topological polar surface area (TPSA) is 68.3 Å². The number of rotatable bonds is 5. The summed E-state index contributed by atoms with van der Waals surface area (Å²) in [5.41, 5.74) is 2.13. The van der Waals surface area contributed by atoms with E-state index in [2.05, 4.69) is 0 Å². The number of anilines is 2. The number of hydroxylamine groups is 1. The van der Waals surface area contributed by atoms with Crippen LogP contribution in [0, 0.1) is 5.92 Å². The minimum atomic E-state index is -0.906. The van der Waals surface area contributed by atoms with E-state index in [1.807, 2.05) is 54.6 Å². The normalized spacial score (nSPS) is 22.2. The van der Waals surface area contributed by atoms with Crippen molar-refractivity contribution in [2.75, 3.05) is 24.2 Å². The van der Waals surface area contributed by atoms with Crippen LogP contribution < -0.4 is 19.4 Å². The van der Waals surface area contributed by atoms with Crippen molar-refractivity contribution in [1.29, 1.82) is 0 Å². The lowest BCUT2D eigenvalue weighted by Gasteiger charge is -2.29. The molecule has 0 N–H and O–H groups in total. The van der Waals surface area contributed by atoms with Crippen LogP contribution in [0.1, 0.15) is 11.6 Å². The van der Waals surface area contributed by atoms with Gasteiger partial charge in [-0.1, -0.05) is 30.3 Å². The molecule has 0 unspecified atom stereocenters. The summed E-state index contributed by atoms with van der Waals surface area (Å²) in [6.07, 6.45) is -0.906. The van der Waals surface area contributed by atoms with Crippen LogP contribution in [0.5, 0.6) is 11.5 Å². The minimum Gasteiger partial charge on any atom is -0.497 e. The van der Waals surface area contributed by atoms with Crippen LogP contribution in [0.4, 0.5) is 11.4 Å². The Bertz CT molecular complexity index is 1130. The molecule has 0 spiro atoms. The summed E-state index contributed by atoms with van der Waals surface area (Å²) < 4.78 is 10.5.